The highest BCUT2D eigenvalue weighted by molar-refractivity contribution is 5.90. The lowest BCUT2D eigenvalue weighted by Gasteiger charge is -2.19. The fraction of sp³-hybridized carbons (Fsp3) is 0.750. The Kier molecular flexibility index (Phi) is 6.47. The second-order valence-electron chi connectivity index (χ2n) is 5.49. The molecular formula is C12H23N3O4. The van der Waals surface area contributed by atoms with E-state index >= 15 is 0 Å². The number of nitrogens with one attached hydrogen (secondary N) is 2. The summed E-state index contributed by atoms with van der Waals surface area (Å²) in [6, 6.07) is -0.949. The molecule has 0 aromatic rings. The predicted octanol–water partition coefficient (Wildman–Crippen LogP) is -0.545. The molecule has 0 aromatic carbocycles. The van der Waals surface area contributed by atoms with Crippen LogP contribution in [0.1, 0.15) is 34.1 Å². The Hall–Kier alpha value is -1.63. The van der Waals surface area contributed by atoms with Crippen molar-refractivity contribution in [3.05, 3.63) is 0 Å². The Morgan fingerprint density at radius 2 is 1.79 bits per heavy atom. The minimum atomic E-state index is -1.09. The number of rotatable bonds is 7. The van der Waals surface area contributed by atoms with Crippen LogP contribution in [0.2, 0.25) is 0 Å². The second kappa shape index (κ2) is 7.08. The Morgan fingerprint density at radius 3 is 2.16 bits per heavy atom. The number of hydrogen-bond donors (Lipinski definition) is 4. The van der Waals surface area contributed by atoms with Crippen molar-refractivity contribution in [2.75, 3.05) is 6.54 Å². The topological polar surface area (TPSA) is 122 Å². The van der Waals surface area contributed by atoms with Gasteiger partial charge in [0, 0.05) is 0 Å². The largest absolute Gasteiger partial charge is 0.480 e. The molecule has 1 atom stereocenters. The molecule has 0 aromatic heterocycles. The van der Waals surface area contributed by atoms with Gasteiger partial charge in [-0.2, -0.15) is 0 Å². The van der Waals surface area contributed by atoms with E-state index in [1.54, 1.807) is 0 Å². The third kappa shape index (κ3) is 7.40. The highest BCUT2D eigenvalue weighted by Gasteiger charge is 2.24. The summed E-state index contributed by atoms with van der Waals surface area (Å²) in [5, 5.41) is 13.7. The summed E-state index contributed by atoms with van der Waals surface area (Å²) in [5.41, 5.74) is 4.46. The van der Waals surface area contributed by atoms with Gasteiger partial charge in [0.15, 0.2) is 0 Å². The van der Waals surface area contributed by atoms with Crippen molar-refractivity contribution >= 4 is 17.8 Å². The minimum absolute atomic E-state index is 0.138. The molecule has 0 aliphatic rings. The van der Waals surface area contributed by atoms with Crippen LogP contribution in [-0.2, 0) is 14.4 Å². The Morgan fingerprint density at radius 1 is 1.26 bits per heavy atom. The van der Waals surface area contributed by atoms with E-state index in [1.165, 1.54) is 13.8 Å². The molecular weight excluding hydrogens is 250 g/mol. The molecule has 0 aliphatic carbocycles. The smallest absolute Gasteiger partial charge is 0.326 e. The van der Waals surface area contributed by atoms with Gasteiger partial charge in [-0.1, -0.05) is 13.8 Å². The number of carboxylic acids is 1. The van der Waals surface area contributed by atoms with Crippen molar-refractivity contribution in [2.45, 2.75) is 45.7 Å². The minimum Gasteiger partial charge on any atom is -0.480 e. The summed E-state index contributed by atoms with van der Waals surface area (Å²) in [7, 11) is 0. The molecule has 0 heterocycles. The molecule has 19 heavy (non-hydrogen) atoms. The van der Waals surface area contributed by atoms with E-state index in [4.69, 9.17) is 10.8 Å². The summed E-state index contributed by atoms with van der Waals surface area (Å²) in [6.07, 6.45) is 0.331. The van der Waals surface area contributed by atoms with E-state index in [9.17, 15) is 14.4 Å². The first-order valence-corrected chi connectivity index (χ1v) is 6.13. The van der Waals surface area contributed by atoms with Crippen molar-refractivity contribution in [3.8, 4) is 0 Å². The first-order chi connectivity index (χ1) is 8.54. The number of amides is 2. The lowest BCUT2D eigenvalue weighted by molar-refractivity contribution is -0.142. The third-order valence-corrected chi connectivity index (χ3v) is 2.34. The van der Waals surface area contributed by atoms with Crippen LogP contribution < -0.4 is 16.4 Å². The lowest BCUT2D eigenvalue weighted by atomic mass is 10.0. The van der Waals surface area contributed by atoms with E-state index in [0.717, 1.165) is 0 Å². The SMILES string of the molecule is CC(C)C[C@H](NC(=O)CNC(=O)C(C)(C)N)C(=O)O. The van der Waals surface area contributed by atoms with Gasteiger partial charge in [0.05, 0.1) is 12.1 Å². The number of carbonyl (C=O) groups excluding carboxylic acids is 2. The summed E-state index contributed by atoms with van der Waals surface area (Å²) in [6.45, 7) is 6.46. The molecule has 0 saturated carbocycles. The van der Waals surface area contributed by atoms with E-state index < -0.39 is 29.4 Å². The second-order valence-corrected chi connectivity index (χ2v) is 5.49. The predicted molar refractivity (Wildman–Crippen MR) is 70.3 cm³/mol. The van der Waals surface area contributed by atoms with Crippen LogP contribution in [-0.4, -0.2) is 41.0 Å². The highest BCUT2D eigenvalue weighted by atomic mass is 16.4. The number of hydrogen-bond acceptors (Lipinski definition) is 4. The summed E-state index contributed by atoms with van der Waals surface area (Å²) in [5.74, 6) is -1.98. The van der Waals surface area contributed by atoms with Gasteiger partial charge >= 0.3 is 5.97 Å². The zero-order valence-corrected chi connectivity index (χ0v) is 11.8. The summed E-state index contributed by atoms with van der Waals surface area (Å²) < 4.78 is 0. The molecule has 0 radical (unpaired) electrons. The van der Waals surface area contributed by atoms with Crippen LogP contribution in [0, 0.1) is 5.92 Å². The molecule has 5 N–H and O–H groups in total. The maximum Gasteiger partial charge on any atom is 0.326 e. The Labute approximate surface area is 112 Å². The fourth-order valence-corrected chi connectivity index (χ4v) is 1.33. The number of nitrogens with two attached hydrogens (primary N) is 1. The van der Waals surface area contributed by atoms with E-state index in [0.29, 0.717) is 6.42 Å². The van der Waals surface area contributed by atoms with Gasteiger partial charge in [-0.05, 0) is 26.2 Å². The van der Waals surface area contributed by atoms with Gasteiger partial charge < -0.3 is 21.5 Å². The van der Waals surface area contributed by atoms with Gasteiger partial charge in [-0.25, -0.2) is 4.79 Å². The summed E-state index contributed by atoms with van der Waals surface area (Å²) in [4.78, 5) is 33.9. The van der Waals surface area contributed by atoms with Crippen LogP contribution in [0.15, 0.2) is 0 Å². The molecule has 0 spiro atoms. The third-order valence-electron chi connectivity index (χ3n) is 2.34. The Balaban J connectivity index is 4.29. The average molecular weight is 273 g/mol. The zero-order valence-electron chi connectivity index (χ0n) is 11.8. The molecule has 7 nitrogen and oxygen atoms in total. The Bertz CT molecular complexity index is 347. The molecule has 2 amide bonds. The van der Waals surface area contributed by atoms with E-state index in [-0.39, 0.29) is 12.5 Å². The molecule has 0 unspecified atom stereocenters. The van der Waals surface area contributed by atoms with Crippen molar-refractivity contribution < 1.29 is 19.5 Å². The van der Waals surface area contributed by atoms with Crippen molar-refractivity contribution in [1.82, 2.24) is 10.6 Å². The standard InChI is InChI=1S/C12H23N3O4/c1-7(2)5-8(10(17)18)15-9(16)6-14-11(19)12(3,4)13/h7-8H,5-6,13H2,1-4H3,(H,14,19)(H,15,16)(H,17,18)/t8-/m0/s1. The monoisotopic (exact) mass is 273 g/mol. The van der Waals surface area contributed by atoms with E-state index in [2.05, 4.69) is 10.6 Å². The van der Waals surface area contributed by atoms with Gasteiger partial charge in [-0.3, -0.25) is 9.59 Å². The quantitative estimate of drug-likeness (QED) is 0.496. The fourth-order valence-electron chi connectivity index (χ4n) is 1.33. The average Bonchev–Trinajstić information content (AvgIpc) is 2.22. The first-order valence-electron chi connectivity index (χ1n) is 6.13. The molecule has 0 saturated heterocycles. The van der Waals surface area contributed by atoms with Crippen molar-refractivity contribution in [1.29, 1.82) is 0 Å². The molecule has 0 bridgehead atoms. The maximum atomic E-state index is 11.5. The van der Waals surface area contributed by atoms with Crippen LogP contribution in [0.25, 0.3) is 0 Å². The lowest BCUT2D eigenvalue weighted by Crippen LogP contribution is -2.52. The van der Waals surface area contributed by atoms with Crippen LogP contribution in [0.5, 0.6) is 0 Å². The number of carbonyl (C=O) groups is 3. The molecule has 0 fully saturated rings. The van der Waals surface area contributed by atoms with Crippen molar-refractivity contribution in [3.63, 3.8) is 0 Å². The van der Waals surface area contributed by atoms with Gasteiger partial charge in [0.25, 0.3) is 0 Å². The number of carboxylic acid groups (broad SMARTS) is 1. The molecule has 110 valence electrons. The molecule has 7 heteroatoms. The van der Waals surface area contributed by atoms with Crippen LogP contribution >= 0.6 is 0 Å². The zero-order chi connectivity index (χ0) is 15.2. The normalized spacial score (nSPS) is 12.9. The maximum absolute atomic E-state index is 11.5. The van der Waals surface area contributed by atoms with Gasteiger partial charge in [0.1, 0.15) is 6.04 Å². The van der Waals surface area contributed by atoms with E-state index in [1.807, 2.05) is 13.8 Å². The summed E-state index contributed by atoms with van der Waals surface area (Å²) >= 11 is 0. The molecule has 0 rings (SSSR count). The van der Waals surface area contributed by atoms with Crippen LogP contribution in [0.3, 0.4) is 0 Å². The van der Waals surface area contributed by atoms with Gasteiger partial charge in [0.2, 0.25) is 11.8 Å². The van der Waals surface area contributed by atoms with Gasteiger partial charge in [-0.15, -0.1) is 0 Å². The highest BCUT2D eigenvalue weighted by Crippen LogP contribution is 2.04. The van der Waals surface area contributed by atoms with Crippen molar-refractivity contribution in [2.24, 2.45) is 11.7 Å². The first kappa shape index (κ1) is 17.4. The number of aliphatic carboxylic acids is 1. The van der Waals surface area contributed by atoms with Crippen LogP contribution in [0.4, 0.5) is 0 Å². The molecule has 0 aliphatic heterocycles.